The molecule has 1 aromatic heterocycles. The maximum absolute atomic E-state index is 13.7. The summed E-state index contributed by atoms with van der Waals surface area (Å²) < 4.78 is 29.4. The molecule has 1 amide bonds. The molecule has 1 aliphatic carbocycles. The number of imidazole rings is 1. The highest BCUT2D eigenvalue weighted by Gasteiger charge is 2.44. The third-order valence-electron chi connectivity index (χ3n) is 8.46. The van der Waals surface area contributed by atoms with E-state index in [0.717, 1.165) is 62.2 Å². The van der Waals surface area contributed by atoms with Gasteiger partial charge in [0.15, 0.2) is 0 Å². The summed E-state index contributed by atoms with van der Waals surface area (Å²) in [6.07, 6.45) is 6.73. The molecular weight excluding hydrogens is 502 g/mol. The first-order chi connectivity index (χ1) is 18.3. The topological polar surface area (TPSA) is 117 Å². The van der Waals surface area contributed by atoms with Crippen LogP contribution in [0.3, 0.4) is 0 Å². The fourth-order valence-electron chi connectivity index (χ4n) is 5.96. The molecular formula is C28H35N5O4S. The number of benzene rings is 2. The summed E-state index contributed by atoms with van der Waals surface area (Å²) in [4.78, 5) is 20.8. The molecule has 6 rings (SSSR count). The van der Waals surface area contributed by atoms with Crippen molar-refractivity contribution < 1.29 is 18.3 Å². The third kappa shape index (κ3) is 4.87. The molecule has 1 atom stereocenters. The van der Waals surface area contributed by atoms with Crippen LogP contribution in [0.2, 0.25) is 0 Å². The lowest BCUT2D eigenvalue weighted by Crippen LogP contribution is -2.35. The lowest BCUT2D eigenvalue weighted by molar-refractivity contribution is 0.102. The van der Waals surface area contributed by atoms with E-state index in [1.807, 2.05) is 12.1 Å². The van der Waals surface area contributed by atoms with Gasteiger partial charge in [0.2, 0.25) is 10.0 Å². The molecule has 1 unspecified atom stereocenters. The SMILES string of the molecule is CC1CCc2nc3c(NC(=O)c4ccc(NS(=O)(=O)CCO)cc4N4CCC5(CC4)CC5)cccc3n2C1. The summed E-state index contributed by atoms with van der Waals surface area (Å²) in [5, 5.41) is 12.2. The predicted molar refractivity (Wildman–Crippen MR) is 149 cm³/mol. The Morgan fingerprint density at radius 3 is 2.68 bits per heavy atom. The van der Waals surface area contributed by atoms with Gasteiger partial charge in [-0.1, -0.05) is 13.0 Å². The van der Waals surface area contributed by atoms with Crippen molar-refractivity contribution >= 4 is 44.0 Å². The number of anilines is 3. The number of hydrogen-bond acceptors (Lipinski definition) is 6. The molecule has 1 saturated carbocycles. The number of aliphatic hydroxyl groups is 1. The Labute approximate surface area is 223 Å². The van der Waals surface area contributed by atoms with Crippen molar-refractivity contribution in [1.82, 2.24) is 9.55 Å². The van der Waals surface area contributed by atoms with Crippen LogP contribution in [0, 0.1) is 11.3 Å². The molecule has 1 spiro atoms. The smallest absolute Gasteiger partial charge is 0.257 e. The Kier molecular flexibility index (Phi) is 6.34. The van der Waals surface area contributed by atoms with Gasteiger partial charge in [-0.25, -0.2) is 13.4 Å². The van der Waals surface area contributed by atoms with Crippen LogP contribution in [0.4, 0.5) is 17.1 Å². The monoisotopic (exact) mass is 537 g/mol. The molecule has 2 aromatic carbocycles. The van der Waals surface area contributed by atoms with Gasteiger partial charge in [-0.15, -0.1) is 0 Å². The van der Waals surface area contributed by atoms with Crippen LogP contribution in [0.5, 0.6) is 0 Å². The van der Waals surface area contributed by atoms with Crippen LogP contribution < -0.4 is 14.9 Å². The third-order valence-corrected chi connectivity index (χ3v) is 9.73. The first-order valence-electron chi connectivity index (χ1n) is 13.6. The molecule has 202 valence electrons. The first kappa shape index (κ1) is 25.2. The average molecular weight is 538 g/mol. The van der Waals surface area contributed by atoms with Crippen molar-refractivity contribution in [2.45, 2.75) is 52.0 Å². The maximum Gasteiger partial charge on any atom is 0.257 e. The Morgan fingerprint density at radius 2 is 1.95 bits per heavy atom. The van der Waals surface area contributed by atoms with Crippen molar-refractivity contribution in [3.8, 4) is 0 Å². The van der Waals surface area contributed by atoms with E-state index in [-0.39, 0.29) is 11.7 Å². The summed E-state index contributed by atoms with van der Waals surface area (Å²) in [5.74, 6) is 1.02. The largest absolute Gasteiger partial charge is 0.395 e. The van der Waals surface area contributed by atoms with Crippen molar-refractivity contribution in [2.24, 2.45) is 11.3 Å². The number of amides is 1. The van der Waals surface area contributed by atoms with Gasteiger partial charge in [0.05, 0.1) is 40.5 Å². The fraction of sp³-hybridized carbons (Fsp3) is 0.500. The number of aromatic nitrogens is 2. The molecule has 1 saturated heterocycles. The van der Waals surface area contributed by atoms with E-state index in [1.54, 1.807) is 18.2 Å². The van der Waals surface area contributed by atoms with E-state index >= 15 is 0 Å². The van der Waals surface area contributed by atoms with Crippen molar-refractivity contribution in [3.63, 3.8) is 0 Å². The number of rotatable bonds is 7. The van der Waals surface area contributed by atoms with Gasteiger partial charge in [-0.3, -0.25) is 9.52 Å². The highest BCUT2D eigenvalue weighted by atomic mass is 32.2. The molecule has 3 N–H and O–H groups in total. The molecule has 3 aliphatic rings. The van der Waals surface area contributed by atoms with Gasteiger partial charge in [-0.05, 0) is 73.8 Å². The predicted octanol–water partition coefficient (Wildman–Crippen LogP) is 3.99. The summed E-state index contributed by atoms with van der Waals surface area (Å²) in [6.45, 7) is 4.38. The number of piperidine rings is 1. The minimum Gasteiger partial charge on any atom is -0.395 e. The zero-order chi connectivity index (χ0) is 26.5. The van der Waals surface area contributed by atoms with Crippen molar-refractivity contribution in [2.75, 3.05) is 40.4 Å². The molecule has 2 aliphatic heterocycles. The second-order valence-corrected chi connectivity index (χ2v) is 13.1. The number of sulfonamides is 1. The zero-order valence-corrected chi connectivity index (χ0v) is 22.6. The zero-order valence-electron chi connectivity index (χ0n) is 21.7. The number of nitrogens with one attached hydrogen (secondary N) is 2. The van der Waals surface area contributed by atoms with E-state index in [1.165, 1.54) is 12.8 Å². The van der Waals surface area contributed by atoms with Crippen LogP contribution in [0.1, 0.15) is 55.2 Å². The van der Waals surface area contributed by atoms with E-state index in [2.05, 4.69) is 32.5 Å². The molecule has 38 heavy (non-hydrogen) atoms. The standard InChI is InChI=1S/C28H35N5O4S/c1-19-5-8-25-30-26-22(3-2-4-23(26)33(25)18-19)29-27(35)21-7-6-20(31-38(36,37)16-15-34)17-24(21)32-13-11-28(9-10-28)12-14-32/h2-4,6-7,17,19,31,34H,5,8-16,18H2,1H3,(H,29,35). The van der Waals surface area contributed by atoms with Gasteiger partial charge in [-0.2, -0.15) is 0 Å². The van der Waals surface area contributed by atoms with E-state index in [9.17, 15) is 13.2 Å². The Bertz CT molecular complexity index is 1480. The number of aliphatic hydroxyl groups excluding tert-OH is 1. The summed E-state index contributed by atoms with van der Waals surface area (Å²) >= 11 is 0. The van der Waals surface area contributed by atoms with Crippen LogP contribution in [0.15, 0.2) is 36.4 Å². The molecule has 3 aromatic rings. The first-order valence-corrected chi connectivity index (χ1v) is 15.2. The number of carbonyl (C=O) groups excluding carboxylic acids is 1. The van der Waals surface area contributed by atoms with E-state index in [0.29, 0.717) is 34.0 Å². The molecule has 10 heteroatoms. The lowest BCUT2D eigenvalue weighted by atomic mass is 9.93. The van der Waals surface area contributed by atoms with Gasteiger partial charge in [0, 0.05) is 26.1 Å². The number of fused-ring (bicyclic) bond motifs is 3. The number of aryl methyl sites for hydroxylation is 1. The van der Waals surface area contributed by atoms with Crippen LogP contribution >= 0.6 is 0 Å². The lowest BCUT2D eigenvalue weighted by Gasteiger charge is -2.35. The van der Waals surface area contributed by atoms with Crippen molar-refractivity contribution in [1.29, 1.82) is 0 Å². The number of hydrogen-bond donors (Lipinski definition) is 3. The number of para-hydroxylation sites is 1. The fourth-order valence-corrected chi connectivity index (χ4v) is 6.79. The van der Waals surface area contributed by atoms with Gasteiger partial charge < -0.3 is 19.9 Å². The normalized spacial score (nSPS) is 20.4. The van der Waals surface area contributed by atoms with Gasteiger partial charge >= 0.3 is 0 Å². The highest BCUT2D eigenvalue weighted by Crippen LogP contribution is 2.54. The molecule has 0 bridgehead atoms. The minimum atomic E-state index is -3.68. The van der Waals surface area contributed by atoms with E-state index < -0.39 is 16.6 Å². The summed E-state index contributed by atoms with van der Waals surface area (Å²) in [6, 6.07) is 10.9. The number of nitrogens with zero attached hydrogens (tertiary/aromatic N) is 3. The Morgan fingerprint density at radius 1 is 1.16 bits per heavy atom. The van der Waals surface area contributed by atoms with E-state index in [4.69, 9.17) is 10.1 Å². The van der Waals surface area contributed by atoms with Crippen LogP contribution in [0.25, 0.3) is 11.0 Å². The second kappa shape index (κ2) is 9.57. The second-order valence-electron chi connectivity index (χ2n) is 11.3. The summed E-state index contributed by atoms with van der Waals surface area (Å²) in [7, 11) is -3.68. The Balaban J connectivity index is 1.32. The molecule has 2 fully saturated rings. The highest BCUT2D eigenvalue weighted by molar-refractivity contribution is 7.92. The maximum atomic E-state index is 13.7. The molecule has 3 heterocycles. The van der Waals surface area contributed by atoms with Crippen LogP contribution in [-0.2, 0) is 23.0 Å². The average Bonchev–Trinajstić information content (AvgIpc) is 3.53. The molecule has 0 radical (unpaired) electrons. The van der Waals surface area contributed by atoms with Crippen LogP contribution in [-0.4, -0.2) is 54.4 Å². The quantitative estimate of drug-likeness (QED) is 0.420. The molecule has 9 nitrogen and oxygen atoms in total. The van der Waals surface area contributed by atoms with Gasteiger partial charge in [0.25, 0.3) is 5.91 Å². The minimum absolute atomic E-state index is 0.247. The summed E-state index contributed by atoms with van der Waals surface area (Å²) in [5.41, 5.74) is 4.57. The Hall–Kier alpha value is -3.11. The van der Waals surface area contributed by atoms with Gasteiger partial charge in [0.1, 0.15) is 11.3 Å². The van der Waals surface area contributed by atoms with Crippen molar-refractivity contribution in [3.05, 3.63) is 47.8 Å². The number of carbonyl (C=O) groups is 1.